The van der Waals surface area contributed by atoms with Crippen molar-refractivity contribution in [1.29, 1.82) is 0 Å². The number of methoxy groups -OCH3 is 1. The Morgan fingerprint density at radius 3 is 2.46 bits per heavy atom. The number of benzene rings is 2. The second-order valence-electron chi connectivity index (χ2n) is 5.78. The number of carbonyl (C=O) groups excluding carboxylic acids is 2. The molecule has 0 unspecified atom stereocenters. The molecule has 28 heavy (non-hydrogen) atoms. The number of non-ortho nitro benzene ring substituents is 1. The first-order chi connectivity index (χ1) is 13.4. The summed E-state index contributed by atoms with van der Waals surface area (Å²) in [5.41, 5.74) is 0.195. The maximum Gasteiger partial charge on any atom is 0.341 e. The quantitative estimate of drug-likeness (QED) is 0.290. The number of anilines is 1. The summed E-state index contributed by atoms with van der Waals surface area (Å²) in [4.78, 5) is 35.4. The summed E-state index contributed by atoms with van der Waals surface area (Å²) < 4.78 is 10.3. The number of nitrogens with one attached hydrogen (secondary N) is 1. The first-order valence-electron chi connectivity index (χ1n) is 8.39. The zero-order valence-electron chi connectivity index (χ0n) is 15.4. The van der Waals surface area contributed by atoms with Gasteiger partial charge in [0, 0.05) is 29.9 Å². The van der Waals surface area contributed by atoms with Gasteiger partial charge in [-0.1, -0.05) is 0 Å². The van der Waals surface area contributed by atoms with E-state index in [9.17, 15) is 19.7 Å². The smallest absolute Gasteiger partial charge is 0.341 e. The van der Waals surface area contributed by atoms with E-state index in [1.807, 2.05) is 0 Å². The third kappa shape index (κ3) is 5.04. The average molecular weight is 388 g/mol. The van der Waals surface area contributed by atoms with Gasteiger partial charge in [0.1, 0.15) is 5.75 Å². The number of nitrogens with zero attached hydrogens (tertiary/aromatic N) is 1. The molecule has 0 amide bonds. The standard InChI is InChI=1S/C19H20N2O7/c1-12(18(23)13-3-6-15(27-2)7-4-13)28-19(24)16-11-14(21(25)26)5-8-17(16)20-9-10-22/h3-8,11-12,20,22H,9-10H2,1-2H3/t12-/m0/s1. The molecule has 0 saturated carbocycles. The second kappa shape index (κ2) is 9.47. The molecule has 0 saturated heterocycles. The summed E-state index contributed by atoms with van der Waals surface area (Å²) in [5, 5.41) is 22.7. The molecule has 2 aromatic carbocycles. The largest absolute Gasteiger partial charge is 0.497 e. The minimum Gasteiger partial charge on any atom is -0.497 e. The van der Waals surface area contributed by atoms with E-state index in [4.69, 9.17) is 14.6 Å². The Hall–Kier alpha value is -3.46. The van der Waals surface area contributed by atoms with Crippen LogP contribution in [0.3, 0.4) is 0 Å². The minimum absolute atomic E-state index is 0.1000. The van der Waals surface area contributed by atoms with Crippen LogP contribution in [0.25, 0.3) is 0 Å². The molecule has 0 bridgehead atoms. The molecule has 2 N–H and O–H groups in total. The van der Waals surface area contributed by atoms with Gasteiger partial charge in [0.2, 0.25) is 5.78 Å². The van der Waals surface area contributed by atoms with Crippen LogP contribution in [0.15, 0.2) is 42.5 Å². The molecular weight excluding hydrogens is 368 g/mol. The highest BCUT2D eigenvalue weighted by molar-refractivity contribution is 6.02. The number of nitro groups is 1. The zero-order chi connectivity index (χ0) is 20.7. The van der Waals surface area contributed by atoms with Crippen LogP contribution in [0.1, 0.15) is 27.6 Å². The number of esters is 1. The molecule has 0 aliphatic heterocycles. The molecular formula is C19H20N2O7. The lowest BCUT2D eigenvalue weighted by atomic mass is 10.1. The van der Waals surface area contributed by atoms with E-state index in [1.54, 1.807) is 24.3 Å². The van der Waals surface area contributed by atoms with Gasteiger partial charge in [-0.25, -0.2) is 4.79 Å². The molecule has 148 valence electrons. The molecule has 0 fully saturated rings. The van der Waals surface area contributed by atoms with E-state index < -0.39 is 22.8 Å². The summed E-state index contributed by atoms with van der Waals surface area (Å²) in [6.07, 6.45) is -1.11. The molecule has 9 heteroatoms. The van der Waals surface area contributed by atoms with Gasteiger partial charge in [-0.3, -0.25) is 14.9 Å². The van der Waals surface area contributed by atoms with Gasteiger partial charge in [0.25, 0.3) is 5.69 Å². The van der Waals surface area contributed by atoms with Crippen molar-refractivity contribution in [3.05, 3.63) is 63.7 Å². The van der Waals surface area contributed by atoms with Gasteiger partial charge in [-0.2, -0.15) is 0 Å². The topological polar surface area (TPSA) is 128 Å². The van der Waals surface area contributed by atoms with E-state index >= 15 is 0 Å². The number of hydrogen-bond acceptors (Lipinski definition) is 8. The fraction of sp³-hybridized carbons (Fsp3) is 0.263. The predicted molar refractivity (Wildman–Crippen MR) is 101 cm³/mol. The Morgan fingerprint density at radius 1 is 1.21 bits per heavy atom. The van der Waals surface area contributed by atoms with Crippen molar-refractivity contribution in [3.63, 3.8) is 0 Å². The van der Waals surface area contributed by atoms with E-state index in [0.29, 0.717) is 11.3 Å². The predicted octanol–water partition coefficient (Wildman–Crippen LogP) is 2.44. The van der Waals surface area contributed by atoms with Crippen molar-refractivity contribution in [2.45, 2.75) is 13.0 Å². The van der Waals surface area contributed by atoms with Gasteiger partial charge in [0.15, 0.2) is 6.10 Å². The lowest BCUT2D eigenvalue weighted by Gasteiger charge is -2.15. The normalized spacial score (nSPS) is 11.4. The molecule has 2 aromatic rings. The molecule has 1 atom stereocenters. The molecule has 0 radical (unpaired) electrons. The van der Waals surface area contributed by atoms with Crippen LogP contribution in [-0.4, -0.2) is 48.1 Å². The van der Waals surface area contributed by atoms with Crippen LogP contribution in [0, 0.1) is 10.1 Å². The van der Waals surface area contributed by atoms with Crippen molar-refractivity contribution in [3.8, 4) is 5.75 Å². The van der Waals surface area contributed by atoms with Gasteiger partial charge >= 0.3 is 5.97 Å². The Bertz CT molecular complexity index is 865. The van der Waals surface area contributed by atoms with Crippen LogP contribution < -0.4 is 10.1 Å². The van der Waals surface area contributed by atoms with Gasteiger partial charge in [0.05, 0.1) is 24.2 Å². The maximum atomic E-state index is 12.5. The summed E-state index contributed by atoms with van der Waals surface area (Å²) in [6.45, 7) is 1.36. The fourth-order valence-corrected chi connectivity index (χ4v) is 2.43. The monoisotopic (exact) mass is 388 g/mol. The molecule has 2 rings (SSSR count). The highest BCUT2D eigenvalue weighted by atomic mass is 16.6. The van der Waals surface area contributed by atoms with E-state index in [1.165, 1.54) is 26.2 Å². The van der Waals surface area contributed by atoms with Crippen LogP contribution >= 0.6 is 0 Å². The summed E-state index contributed by atoms with van der Waals surface area (Å²) in [6, 6.07) is 9.95. The number of aliphatic hydroxyl groups excluding tert-OH is 1. The van der Waals surface area contributed by atoms with Gasteiger partial charge < -0.3 is 19.9 Å². The average Bonchev–Trinajstić information content (AvgIpc) is 2.71. The third-order valence-electron chi connectivity index (χ3n) is 3.89. The summed E-state index contributed by atoms with van der Waals surface area (Å²) in [7, 11) is 1.50. The van der Waals surface area contributed by atoms with Crippen LogP contribution in [0.4, 0.5) is 11.4 Å². The van der Waals surface area contributed by atoms with E-state index in [-0.39, 0.29) is 30.1 Å². The lowest BCUT2D eigenvalue weighted by Crippen LogP contribution is -2.25. The summed E-state index contributed by atoms with van der Waals surface area (Å²) in [5.74, 6) is -0.734. The fourth-order valence-electron chi connectivity index (χ4n) is 2.43. The summed E-state index contributed by atoms with van der Waals surface area (Å²) >= 11 is 0. The number of aliphatic hydroxyl groups is 1. The number of carbonyl (C=O) groups is 2. The van der Waals surface area contributed by atoms with Crippen molar-refractivity contribution >= 4 is 23.1 Å². The minimum atomic E-state index is -1.11. The Balaban J connectivity index is 2.20. The molecule has 0 aliphatic rings. The molecule has 0 heterocycles. The number of ether oxygens (including phenoxy) is 2. The molecule has 0 aliphatic carbocycles. The highest BCUT2D eigenvalue weighted by Gasteiger charge is 2.24. The van der Waals surface area contributed by atoms with Crippen molar-refractivity contribution in [1.82, 2.24) is 0 Å². The van der Waals surface area contributed by atoms with Gasteiger partial charge in [-0.05, 0) is 37.3 Å². The van der Waals surface area contributed by atoms with Gasteiger partial charge in [-0.15, -0.1) is 0 Å². The number of Topliss-reactive ketones (excluding diaryl/α,β-unsaturated/α-hetero) is 1. The number of rotatable bonds is 9. The molecule has 0 aromatic heterocycles. The number of nitro benzene ring substituents is 1. The first kappa shape index (κ1) is 20.8. The van der Waals surface area contributed by atoms with Crippen LogP contribution in [-0.2, 0) is 4.74 Å². The Labute approximate surface area is 161 Å². The molecule has 0 spiro atoms. The zero-order valence-corrected chi connectivity index (χ0v) is 15.4. The van der Waals surface area contributed by atoms with Crippen LogP contribution in [0.5, 0.6) is 5.75 Å². The molecule has 9 nitrogen and oxygen atoms in total. The van der Waals surface area contributed by atoms with E-state index in [2.05, 4.69) is 5.32 Å². The van der Waals surface area contributed by atoms with E-state index in [0.717, 1.165) is 6.07 Å². The highest BCUT2D eigenvalue weighted by Crippen LogP contribution is 2.24. The number of hydrogen-bond donors (Lipinski definition) is 2. The Kier molecular flexibility index (Phi) is 7.05. The SMILES string of the molecule is COc1ccc(C(=O)[C@H](C)OC(=O)c2cc([N+](=O)[O-])ccc2NCCO)cc1. The second-order valence-corrected chi connectivity index (χ2v) is 5.78. The van der Waals surface area contributed by atoms with Crippen molar-refractivity contribution in [2.24, 2.45) is 0 Å². The first-order valence-corrected chi connectivity index (χ1v) is 8.39. The Morgan fingerprint density at radius 2 is 1.89 bits per heavy atom. The third-order valence-corrected chi connectivity index (χ3v) is 3.89. The van der Waals surface area contributed by atoms with Crippen LogP contribution in [0.2, 0.25) is 0 Å². The number of ketones is 1. The van der Waals surface area contributed by atoms with Crippen molar-refractivity contribution < 1.29 is 29.1 Å². The maximum absolute atomic E-state index is 12.5. The van der Waals surface area contributed by atoms with Crippen molar-refractivity contribution in [2.75, 3.05) is 25.6 Å². The lowest BCUT2D eigenvalue weighted by molar-refractivity contribution is -0.384.